The van der Waals surface area contributed by atoms with Crippen molar-refractivity contribution in [2.75, 3.05) is 0 Å². The minimum absolute atomic E-state index is 0.0901. The maximum absolute atomic E-state index is 12.8. The Bertz CT molecular complexity index is 353. The van der Waals surface area contributed by atoms with Gasteiger partial charge in [-0.15, -0.1) is 0 Å². The normalized spacial score (nSPS) is 25.5. The molecule has 0 radical (unpaired) electrons. The highest BCUT2D eigenvalue weighted by atomic mass is 16.2. The predicted molar refractivity (Wildman–Crippen MR) is 86.8 cm³/mol. The van der Waals surface area contributed by atoms with Crippen LogP contribution in [0.5, 0.6) is 0 Å². The fraction of sp³-hybridized carbons (Fsp3) is 0.889. The average Bonchev–Trinajstić information content (AvgIpc) is 2.74. The van der Waals surface area contributed by atoms with Crippen molar-refractivity contribution < 1.29 is 9.59 Å². The molecule has 122 valence electrons. The highest BCUT2D eigenvalue weighted by Gasteiger charge is 2.49. The van der Waals surface area contributed by atoms with E-state index in [1.54, 1.807) is 4.90 Å². The fourth-order valence-corrected chi connectivity index (χ4v) is 3.60. The maximum Gasteiger partial charge on any atom is 0.233 e. The summed E-state index contributed by atoms with van der Waals surface area (Å²) in [6, 6.07) is 0.111. The van der Waals surface area contributed by atoms with Gasteiger partial charge < -0.3 is 0 Å². The maximum atomic E-state index is 12.8. The van der Waals surface area contributed by atoms with Crippen LogP contribution in [0.25, 0.3) is 0 Å². The topological polar surface area (TPSA) is 37.4 Å². The molecule has 4 unspecified atom stereocenters. The highest BCUT2D eigenvalue weighted by molar-refractivity contribution is 6.05. The van der Waals surface area contributed by atoms with E-state index in [4.69, 9.17) is 0 Å². The van der Waals surface area contributed by atoms with Gasteiger partial charge in [0.05, 0.1) is 11.8 Å². The zero-order valence-electron chi connectivity index (χ0n) is 14.5. The van der Waals surface area contributed by atoms with Crippen LogP contribution in [0.2, 0.25) is 0 Å². The van der Waals surface area contributed by atoms with Gasteiger partial charge in [0.15, 0.2) is 0 Å². The number of carbonyl (C=O) groups excluding carboxylic acids is 2. The van der Waals surface area contributed by atoms with Crippen LogP contribution in [-0.4, -0.2) is 22.8 Å². The molecule has 0 saturated carbocycles. The number of nitrogens with zero attached hydrogens (tertiary/aromatic N) is 1. The van der Waals surface area contributed by atoms with Crippen molar-refractivity contribution in [1.29, 1.82) is 0 Å². The second-order valence-electron chi connectivity index (χ2n) is 6.53. The van der Waals surface area contributed by atoms with E-state index >= 15 is 0 Å². The zero-order valence-corrected chi connectivity index (χ0v) is 14.5. The standard InChI is InChI=1S/C18H33NO2/c1-6-10-11-12-14(8-3)19-17(20)15(9-4)16(18(19)21)13(5)7-2/h13-16H,6-12H2,1-5H3. The van der Waals surface area contributed by atoms with Gasteiger partial charge in [-0.3, -0.25) is 14.5 Å². The van der Waals surface area contributed by atoms with E-state index in [-0.39, 0.29) is 29.7 Å². The minimum Gasteiger partial charge on any atom is -0.279 e. The molecule has 2 amide bonds. The largest absolute Gasteiger partial charge is 0.279 e. The van der Waals surface area contributed by atoms with E-state index in [1.807, 2.05) is 6.92 Å². The lowest BCUT2D eigenvalue weighted by atomic mass is 9.81. The molecule has 0 aliphatic carbocycles. The first-order valence-corrected chi connectivity index (χ1v) is 8.90. The van der Waals surface area contributed by atoms with E-state index < -0.39 is 0 Å². The third kappa shape index (κ3) is 3.87. The van der Waals surface area contributed by atoms with Crippen LogP contribution in [-0.2, 0) is 9.59 Å². The molecule has 0 spiro atoms. The number of hydrogen-bond donors (Lipinski definition) is 0. The summed E-state index contributed by atoms with van der Waals surface area (Å²) in [5.74, 6) is 0.311. The number of imide groups is 1. The number of rotatable bonds is 9. The molecule has 3 nitrogen and oxygen atoms in total. The van der Waals surface area contributed by atoms with Gasteiger partial charge in [0.2, 0.25) is 11.8 Å². The number of unbranched alkanes of at least 4 members (excludes halogenated alkanes) is 2. The van der Waals surface area contributed by atoms with Gasteiger partial charge in [-0.25, -0.2) is 0 Å². The van der Waals surface area contributed by atoms with Gasteiger partial charge in [0.25, 0.3) is 0 Å². The Morgan fingerprint density at radius 3 is 2.14 bits per heavy atom. The minimum atomic E-state index is -0.0901. The zero-order chi connectivity index (χ0) is 16.0. The summed E-state index contributed by atoms with van der Waals surface area (Å²) in [4.78, 5) is 27.2. The predicted octanol–water partition coefficient (Wildman–Crippen LogP) is 4.40. The molecule has 0 N–H and O–H groups in total. The van der Waals surface area contributed by atoms with Crippen LogP contribution in [0.1, 0.15) is 79.6 Å². The average molecular weight is 295 g/mol. The van der Waals surface area contributed by atoms with Gasteiger partial charge in [-0.1, -0.05) is 60.3 Å². The lowest BCUT2D eigenvalue weighted by Gasteiger charge is -2.26. The molecule has 0 aromatic rings. The first kappa shape index (κ1) is 18.2. The molecule has 1 rings (SSSR count). The summed E-state index contributed by atoms with van der Waals surface area (Å²) >= 11 is 0. The molecule has 0 bridgehead atoms. The summed E-state index contributed by atoms with van der Waals surface area (Å²) in [5.41, 5.74) is 0. The van der Waals surface area contributed by atoms with Gasteiger partial charge >= 0.3 is 0 Å². The molecular formula is C18H33NO2. The van der Waals surface area contributed by atoms with Crippen molar-refractivity contribution >= 4 is 11.8 Å². The van der Waals surface area contributed by atoms with Gasteiger partial charge in [0.1, 0.15) is 0 Å². The monoisotopic (exact) mass is 295 g/mol. The Kier molecular flexibility index (Phi) is 7.41. The molecule has 4 atom stereocenters. The summed E-state index contributed by atoms with van der Waals surface area (Å²) in [6.45, 7) is 10.5. The third-order valence-electron chi connectivity index (χ3n) is 5.18. The van der Waals surface area contributed by atoms with E-state index in [9.17, 15) is 9.59 Å². The van der Waals surface area contributed by atoms with Crippen molar-refractivity contribution in [2.45, 2.75) is 85.6 Å². The molecule has 3 heteroatoms. The van der Waals surface area contributed by atoms with E-state index in [1.165, 1.54) is 12.8 Å². The lowest BCUT2D eigenvalue weighted by molar-refractivity contribution is -0.143. The Morgan fingerprint density at radius 1 is 1.00 bits per heavy atom. The molecule has 0 aromatic heterocycles. The number of carbonyl (C=O) groups is 2. The Balaban J connectivity index is 2.90. The van der Waals surface area contributed by atoms with Gasteiger partial charge in [0, 0.05) is 6.04 Å². The van der Waals surface area contributed by atoms with Gasteiger partial charge in [-0.05, 0) is 25.2 Å². The summed E-state index contributed by atoms with van der Waals surface area (Å²) in [7, 11) is 0. The summed E-state index contributed by atoms with van der Waals surface area (Å²) in [5, 5.41) is 0. The summed E-state index contributed by atoms with van der Waals surface area (Å²) < 4.78 is 0. The third-order valence-corrected chi connectivity index (χ3v) is 5.18. The fourth-order valence-electron chi connectivity index (χ4n) is 3.60. The van der Waals surface area contributed by atoms with Gasteiger partial charge in [-0.2, -0.15) is 0 Å². The van der Waals surface area contributed by atoms with Crippen LogP contribution >= 0.6 is 0 Å². The first-order chi connectivity index (χ1) is 10.0. The lowest BCUT2D eigenvalue weighted by Crippen LogP contribution is -2.40. The second kappa shape index (κ2) is 8.55. The van der Waals surface area contributed by atoms with Crippen molar-refractivity contribution in [3.63, 3.8) is 0 Å². The van der Waals surface area contributed by atoms with Crippen molar-refractivity contribution in [3.8, 4) is 0 Å². The first-order valence-electron chi connectivity index (χ1n) is 8.90. The molecule has 1 aliphatic heterocycles. The van der Waals surface area contributed by atoms with Crippen LogP contribution in [0.4, 0.5) is 0 Å². The molecule has 1 fully saturated rings. The Labute approximate surface area is 130 Å². The molecule has 1 aliphatic rings. The van der Waals surface area contributed by atoms with Crippen LogP contribution in [0.15, 0.2) is 0 Å². The number of hydrogen-bond acceptors (Lipinski definition) is 2. The molecule has 21 heavy (non-hydrogen) atoms. The Hall–Kier alpha value is -0.860. The van der Waals surface area contributed by atoms with E-state index in [0.717, 1.165) is 32.1 Å². The second-order valence-corrected chi connectivity index (χ2v) is 6.53. The van der Waals surface area contributed by atoms with Crippen LogP contribution in [0.3, 0.4) is 0 Å². The summed E-state index contributed by atoms with van der Waals surface area (Å²) in [6.07, 6.45) is 7.04. The van der Waals surface area contributed by atoms with Crippen molar-refractivity contribution in [2.24, 2.45) is 17.8 Å². The SMILES string of the molecule is CCCCCC(CC)N1C(=O)C(CC)C(C(C)CC)C1=O. The smallest absolute Gasteiger partial charge is 0.233 e. The Morgan fingerprint density at radius 2 is 1.67 bits per heavy atom. The number of amides is 2. The van der Waals surface area contributed by atoms with E-state index in [0.29, 0.717) is 5.92 Å². The van der Waals surface area contributed by atoms with Crippen molar-refractivity contribution in [3.05, 3.63) is 0 Å². The van der Waals surface area contributed by atoms with Crippen LogP contribution < -0.4 is 0 Å². The van der Waals surface area contributed by atoms with E-state index in [2.05, 4.69) is 27.7 Å². The van der Waals surface area contributed by atoms with Crippen molar-refractivity contribution in [1.82, 2.24) is 4.90 Å². The molecule has 1 saturated heterocycles. The quantitative estimate of drug-likeness (QED) is 0.467. The highest BCUT2D eigenvalue weighted by Crippen LogP contribution is 2.37. The number of likely N-dealkylation sites (tertiary alicyclic amines) is 1. The van der Waals surface area contributed by atoms with Crippen LogP contribution in [0, 0.1) is 17.8 Å². The molecular weight excluding hydrogens is 262 g/mol. The molecule has 0 aromatic carbocycles. The molecule has 1 heterocycles.